The minimum Gasteiger partial charge on any atom is -0.310 e. The minimum absolute atomic E-state index is 0. The Morgan fingerprint density at radius 3 is 3.07 bits per heavy atom. The van der Waals surface area contributed by atoms with Gasteiger partial charge in [0.15, 0.2) is 0 Å². The number of hydrogen-bond acceptors (Lipinski definition) is 2. The summed E-state index contributed by atoms with van der Waals surface area (Å²) in [5, 5.41) is 10.6. The number of rotatable bonds is 2. The first-order valence-electron chi connectivity index (χ1n) is 4.67. The van der Waals surface area contributed by atoms with Gasteiger partial charge in [-0.3, -0.25) is 5.10 Å². The minimum atomic E-state index is 0. The molecular weight excluding hydrogens is 221 g/mol. The molecule has 2 N–H and O–H groups in total. The maximum atomic E-state index is 4.07. The number of aromatic amines is 1. The van der Waals surface area contributed by atoms with Crippen molar-refractivity contribution in [3.8, 4) is 0 Å². The van der Waals surface area contributed by atoms with E-state index >= 15 is 0 Å². The van der Waals surface area contributed by atoms with Crippen LogP contribution in [0.2, 0.25) is 0 Å². The average Bonchev–Trinajstić information content (AvgIpc) is 2.53. The molecule has 14 heavy (non-hydrogen) atoms. The Kier molecular flexibility index (Phi) is 6.16. The Bertz CT molecular complexity index is 262. The summed E-state index contributed by atoms with van der Waals surface area (Å²) in [4.78, 5) is 0. The number of aryl methyl sites for hydroxylation is 1. The molecule has 0 saturated heterocycles. The molecular formula is C9H17Cl2N3. The molecule has 0 saturated carbocycles. The Balaban J connectivity index is 0.000000845. The summed E-state index contributed by atoms with van der Waals surface area (Å²) in [5.74, 6) is 0. The fourth-order valence-corrected chi connectivity index (χ4v) is 1.92. The zero-order valence-electron chi connectivity index (χ0n) is 8.25. The van der Waals surface area contributed by atoms with E-state index in [1.807, 2.05) is 6.20 Å². The van der Waals surface area contributed by atoms with Gasteiger partial charge in [-0.05, 0) is 25.8 Å². The highest BCUT2D eigenvalue weighted by atomic mass is 35.5. The second-order valence-electron chi connectivity index (χ2n) is 3.31. The SMILES string of the molecule is CCNC1CCCc2[nH]ncc21.Cl.Cl. The van der Waals surface area contributed by atoms with Gasteiger partial charge in [0.2, 0.25) is 0 Å². The lowest BCUT2D eigenvalue weighted by Gasteiger charge is -2.22. The number of hydrogen-bond donors (Lipinski definition) is 2. The van der Waals surface area contributed by atoms with Crippen LogP contribution in [-0.2, 0) is 6.42 Å². The van der Waals surface area contributed by atoms with Crippen molar-refractivity contribution in [2.24, 2.45) is 0 Å². The van der Waals surface area contributed by atoms with Gasteiger partial charge in [-0.2, -0.15) is 5.10 Å². The molecule has 5 heteroatoms. The van der Waals surface area contributed by atoms with E-state index in [1.54, 1.807) is 0 Å². The smallest absolute Gasteiger partial charge is 0.0538 e. The van der Waals surface area contributed by atoms with Crippen molar-refractivity contribution < 1.29 is 0 Å². The second-order valence-corrected chi connectivity index (χ2v) is 3.31. The van der Waals surface area contributed by atoms with Crippen LogP contribution in [0.15, 0.2) is 6.20 Å². The summed E-state index contributed by atoms with van der Waals surface area (Å²) in [7, 11) is 0. The van der Waals surface area contributed by atoms with E-state index < -0.39 is 0 Å². The molecule has 1 aromatic heterocycles. The van der Waals surface area contributed by atoms with Gasteiger partial charge in [0.05, 0.1) is 6.20 Å². The zero-order chi connectivity index (χ0) is 8.39. The molecule has 0 aliphatic heterocycles. The number of nitrogens with zero attached hydrogens (tertiary/aromatic N) is 1. The van der Waals surface area contributed by atoms with Gasteiger partial charge in [0.25, 0.3) is 0 Å². The normalized spacial score (nSPS) is 19.1. The third-order valence-electron chi connectivity index (χ3n) is 2.50. The van der Waals surface area contributed by atoms with E-state index in [4.69, 9.17) is 0 Å². The lowest BCUT2D eigenvalue weighted by atomic mass is 9.93. The maximum absolute atomic E-state index is 4.07. The lowest BCUT2D eigenvalue weighted by molar-refractivity contribution is 0.470. The summed E-state index contributed by atoms with van der Waals surface area (Å²) in [6, 6.07) is 0.539. The monoisotopic (exact) mass is 237 g/mol. The summed E-state index contributed by atoms with van der Waals surface area (Å²) in [6.07, 6.45) is 5.65. The predicted molar refractivity (Wildman–Crippen MR) is 62.4 cm³/mol. The van der Waals surface area contributed by atoms with E-state index in [9.17, 15) is 0 Å². The quantitative estimate of drug-likeness (QED) is 0.829. The first kappa shape index (κ1) is 13.8. The van der Waals surface area contributed by atoms with Crippen LogP contribution in [0.4, 0.5) is 0 Å². The molecule has 2 rings (SSSR count). The van der Waals surface area contributed by atoms with Gasteiger partial charge < -0.3 is 5.32 Å². The summed E-state index contributed by atoms with van der Waals surface area (Å²) < 4.78 is 0. The molecule has 82 valence electrons. The van der Waals surface area contributed by atoms with E-state index in [2.05, 4.69) is 22.4 Å². The van der Waals surface area contributed by atoms with Gasteiger partial charge in [-0.25, -0.2) is 0 Å². The van der Waals surface area contributed by atoms with Crippen LogP contribution < -0.4 is 5.32 Å². The molecule has 1 aromatic rings. The number of H-pyrrole nitrogens is 1. The van der Waals surface area contributed by atoms with Crippen molar-refractivity contribution in [2.45, 2.75) is 32.2 Å². The van der Waals surface area contributed by atoms with Crippen molar-refractivity contribution in [1.82, 2.24) is 15.5 Å². The molecule has 0 amide bonds. The van der Waals surface area contributed by atoms with Gasteiger partial charge >= 0.3 is 0 Å². The Hall–Kier alpha value is -0.250. The molecule has 1 aliphatic carbocycles. The highest BCUT2D eigenvalue weighted by Gasteiger charge is 2.20. The molecule has 1 unspecified atom stereocenters. The van der Waals surface area contributed by atoms with Gasteiger partial charge in [0.1, 0.15) is 0 Å². The van der Waals surface area contributed by atoms with E-state index in [1.165, 1.54) is 24.1 Å². The standard InChI is InChI=1S/C9H15N3.2ClH/c1-2-10-8-4-3-5-9-7(8)6-11-12-9;;/h6,8,10H,2-5H2,1H3,(H,11,12);2*1H. The zero-order valence-corrected chi connectivity index (χ0v) is 9.88. The number of fused-ring (bicyclic) bond motifs is 1. The average molecular weight is 238 g/mol. The second kappa shape index (κ2) is 6.27. The topological polar surface area (TPSA) is 40.7 Å². The van der Waals surface area contributed by atoms with E-state index in [0.717, 1.165) is 13.0 Å². The van der Waals surface area contributed by atoms with Gasteiger partial charge in [-0.15, -0.1) is 24.8 Å². The lowest BCUT2D eigenvalue weighted by Crippen LogP contribution is -2.24. The fraction of sp³-hybridized carbons (Fsp3) is 0.667. The molecule has 0 fully saturated rings. The van der Waals surface area contributed by atoms with Crippen LogP contribution in [0.3, 0.4) is 0 Å². The van der Waals surface area contributed by atoms with E-state index in [-0.39, 0.29) is 24.8 Å². The molecule has 0 bridgehead atoms. The third kappa shape index (κ3) is 2.62. The largest absolute Gasteiger partial charge is 0.310 e. The van der Waals surface area contributed by atoms with Crippen LogP contribution in [0.25, 0.3) is 0 Å². The molecule has 1 aliphatic rings. The van der Waals surface area contributed by atoms with Crippen molar-refractivity contribution in [2.75, 3.05) is 6.54 Å². The number of halogens is 2. The molecule has 0 radical (unpaired) electrons. The first-order chi connectivity index (χ1) is 5.92. The van der Waals surface area contributed by atoms with Crippen LogP contribution in [-0.4, -0.2) is 16.7 Å². The van der Waals surface area contributed by atoms with Gasteiger partial charge in [-0.1, -0.05) is 6.92 Å². The van der Waals surface area contributed by atoms with Crippen molar-refractivity contribution in [3.05, 3.63) is 17.5 Å². The summed E-state index contributed by atoms with van der Waals surface area (Å²) in [6.45, 7) is 3.18. The highest BCUT2D eigenvalue weighted by Crippen LogP contribution is 2.27. The number of aromatic nitrogens is 2. The molecule has 0 aromatic carbocycles. The van der Waals surface area contributed by atoms with Crippen molar-refractivity contribution in [3.63, 3.8) is 0 Å². The van der Waals surface area contributed by atoms with Crippen LogP contribution in [0.5, 0.6) is 0 Å². The molecule has 1 atom stereocenters. The summed E-state index contributed by atoms with van der Waals surface area (Å²) in [5.41, 5.74) is 2.70. The number of nitrogens with one attached hydrogen (secondary N) is 2. The predicted octanol–water partition coefficient (Wildman–Crippen LogP) is 2.24. The van der Waals surface area contributed by atoms with Crippen LogP contribution in [0, 0.1) is 0 Å². The molecule has 3 nitrogen and oxygen atoms in total. The van der Waals surface area contributed by atoms with Crippen LogP contribution in [0.1, 0.15) is 37.1 Å². The molecule has 0 spiro atoms. The summed E-state index contributed by atoms with van der Waals surface area (Å²) >= 11 is 0. The van der Waals surface area contributed by atoms with Gasteiger partial charge in [0, 0.05) is 17.3 Å². The Labute approximate surface area is 96.9 Å². The third-order valence-corrected chi connectivity index (χ3v) is 2.50. The first-order valence-corrected chi connectivity index (χ1v) is 4.67. The van der Waals surface area contributed by atoms with Crippen molar-refractivity contribution in [1.29, 1.82) is 0 Å². The Morgan fingerprint density at radius 2 is 2.36 bits per heavy atom. The fourth-order valence-electron chi connectivity index (χ4n) is 1.92. The Morgan fingerprint density at radius 1 is 1.57 bits per heavy atom. The molecule has 1 heterocycles. The van der Waals surface area contributed by atoms with Crippen molar-refractivity contribution >= 4 is 24.8 Å². The van der Waals surface area contributed by atoms with E-state index in [0.29, 0.717) is 6.04 Å². The van der Waals surface area contributed by atoms with Crippen LogP contribution >= 0.6 is 24.8 Å². The highest BCUT2D eigenvalue weighted by molar-refractivity contribution is 5.85. The maximum Gasteiger partial charge on any atom is 0.0538 e.